The fourth-order valence-electron chi connectivity index (χ4n) is 0. The highest BCUT2D eigenvalue weighted by molar-refractivity contribution is 6.17. The third-order valence-corrected chi connectivity index (χ3v) is 0.464. The molecule has 0 radical (unpaired) electrons. The molecule has 0 aromatic rings. The number of aliphatic hydroxyl groups excluding tert-OH is 1. The number of alkyl halides is 1. The lowest BCUT2D eigenvalue weighted by molar-refractivity contribution is -0.115. The summed E-state index contributed by atoms with van der Waals surface area (Å²) in [6, 6.07) is 0. The molecule has 0 saturated carbocycles. The van der Waals surface area contributed by atoms with Gasteiger partial charge in [-0.25, -0.2) is 0 Å². The van der Waals surface area contributed by atoms with Crippen molar-refractivity contribution in [1.82, 2.24) is 4.90 Å². The van der Waals surface area contributed by atoms with E-state index >= 15 is 0 Å². The van der Waals surface area contributed by atoms with E-state index in [2.05, 4.69) is 0 Å². The van der Waals surface area contributed by atoms with Crippen LogP contribution < -0.4 is 0 Å². The van der Waals surface area contributed by atoms with Gasteiger partial charge in [0.15, 0.2) is 0 Å². The van der Waals surface area contributed by atoms with Crippen molar-refractivity contribution < 1.29 is 9.90 Å². The molecule has 0 aromatic heterocycles. The first-order chi connectivity index (χ1) is 4.18. The molecule has 9 heavy (non-hydrogen) atoms. The van der Waals surface area contributed by atoms with Gasteiger partial charge >= 0.3 is 0 Å². The normalized spacial score (nSPS) is 7.11. The van der Waals surface area contributed by atoms with Crippen LogP contribution in [0.1, 0.15) is 0 Å². The van der Waals surface area contributed by atoms with Crippen molar-refractivity contribution in [3.63, 3.8) is 0 Å². The summed E-state index contributed by atoms with van der Waals surface area (Å²) < 4.78 is 0. The third kappa shape index (κ3) is 34.1. The Morgan fingerprint density at radius 3 is 1.89 bits per heavy atom. The molecular weight excluding hydrogens is 142 g/mol. The molecule has 0 bridgehead atoms. The van der Waals surface area contributed by atoms with Crippen LogP contribution in [0.25, 0.3) is 0 Å². The lowest BCUT2D eigenvalue weighted by Crippen LogP contribution is -2.06. The van der Waals surface area contributed by atoms with Crippen molar-refractivity contribution in [3.8, 4) is 0 Å². The Labute approximate surface area is 60.2 Å². The molecular formula is C5H12ClNO2. The standard InChI is InChI=1S/C3H7NO.C2H5ClO/c1-4(2)3-5;3-1-2-4/h3H,1-2H3;4H,1-2H2. The van der Waals surface area contributed by atoms with Gasteiger partial charge in [0.05, 0.1) is 6.61 Å². The molecule has 0 rings (SSSR count). The number of hydrogen-bond acceptors (Lipinski definition) is 2. The van der Waals surface area contributed by atoms with Crippen LogP contribution in [0, 0.1) is 0 Å². The summed E-state index contributed by atoms with van der Waals surface area (Å²) in [6.07, 6.45) is 0.750. The molecule has 0 heterocycles. The maximum atomic E-state index is 9.43. The highest BCUT2D eigenvalue weighted by Gasteiger charge is 1.68. The van der Waals surface area contributed by atoms with Crippen LogP contribution in [-0.4, -0.2) is 43.0 Å². The Hall–Kier alpha value is -0.280. The van der Waals surface area contributed by atoms with Crippen molar-refractivity contribution in [1.29, 1.82) is 0 Å². The van der Waals surface area contributed by atoms with E-state index < -0.39 is 0 Å². The number of rotatable bonds is 2. The van der Waals surface area contributed by atoms with E-state index in [0.29, 0.717) is 5.88 Å². The zero-order chi connectivity index (χ0) is 7.70. The zero-order valence-corrected chi connectivity index (χ0v) is 6.43. The Kier molecular flexibility index (Phi) is 13.6. The summed E-state index contributed by atoms with van der Waals surface area (Å²) in [4.78, 5) is 10.9. The predicted octanol–water partition coefficient (Wildman–Crippen LogP) is -0.0781. The topological polar surface area (TPSA) is 40.5 Å². The summed E-state index contributed by atoms with van der Waals surface area (Å²) in [7, 11) is 3.38. The Balaban J connectivity index is 0. The lowest BCUT2D eigenvalue weighted by Gasteiger charge is -1.93. The van der Waals surface area contributed by atoms with E-state index in [4.69, 9.17) is 16.7 Å². The number of hydrogen-bond donors (Lipinski definition) is 1. The van der Waals surface area contributed by atoms with E-state index in [1.54, 1.807) is 14.1 Å². The molecule has 0 spiro atoms. The number of aliphatic hydroxyl groups is 1. The summed E-state index contributed by atoms with van der Waals surface area (Å²) in [6.45, 7) is 0.0849. The lowest BCUT2D eigenvalue weighted by atomic mass is 10.9. The van der Waals surface area contributed by atoms with E-state index in [0.717, 1.165) is 6.41 Å². The minimum atomic E-state index is 0.0849. The van der Waals surface area contributed by atoms with Gasteiger partial charge in [0.1, 0.15) is 0 Å². The van der Waals surface area contributed by atoms with Gasteiger partial charge < -0.3 is 10.0 Å². The molecule has 3 nitrogen and oxygen atoms in total. The van der Waals surface area contributed by atoms with Gasteiger partial charge in [0.25, 0.3) is 0 Å². The average Bonchev–Trinajstić information content (AvgIpc) is 1.89. The highest BCUT2D eigenvalue weighted by atomic mass is 35.5. The van der Waals surface area contributed by atoms with Crippen LogP contribution in [0.3, 0.4) is 0 Å². The molecule has 1 N–H and O–H groups in total. The zero-order valence-electron chi connectivity index (χ0n) is 5.67. The Morgan fingerprint density at radius 1 is 1.67 bits per heavy atom. The van der Waals surface area contributed by atoms with Crippen LogP contribution in [-0.2, 0) is 4.79 Å². The third-order valence-electron chi connectivity index (χ3n) is 0.295. The number of nitrogens with zero attached hydrogens (tertiary/aromatic N) is 1. The second kappa shape index (κ2) is 10.7. The first-order valence-electron chi connectivity index (χ1n) is 2.47. The summed E-state index contributed by atoms with van der Waals surface area (Å²) in [5, 5.41) is 7.74. The van der Waals surface area contributed by atoms with Crippen LogP contribution in [0.2, 0.25) is 0 Å². The van der Waals surface area contributed by atoms with Crippen LogP contribution in [0.4, 0.5) is 0 Å². The fourth-order valence-corrected chi connectivity index (χ4v) is 0. The quantitative estimate of drug-likeness (QED) is 0.446. The first kappa shape index (κ1) is 11.5. The molecule has 4 heteroatoms. The van der Waals surface area contributed by atoms with Crippen molar-refractivity contribution in [2.75, 3.05) is 26.6 Å². The largest absolute Gasteiger partial charge is 0.395 e. The molecule has 0 fully saturated rings. The van der Waals surface area contributed by atoms with E-state index in [9.17, 15) is 4.79 Å². The van der Waals surface area contributed by atoms with Gasteiger partial charge in [-0.1, -0.05) is 0 Å². The monoisotopic (exact) mass is 153 g/mol. The second-order valence-electron chi connectivity index (χ2n) is 1.48. The van der Waals surface area contributed by atoms with Crippen LogP contribution in [0.5, 0.6) is 0 Å². The van der Waals surface area contributed by atoms with Gasteiger partial charge in [-0.15, -0.1) is 11.6 Å². The van der Waals surface area contributed by atoms with Crippen molar-refractivity contribution in [3.05, 3.63) is 0 Å². The predicted molar refractivity (Wildman–Crippen MR) is 37.6 cm³/mol. The molecule has 0 aliphatic heterocycles. The second-order valence-corrected chi connectivity index (χ2v) is 1.86. The van der Waals surface area contributed by atoms with E-state index in [1.165, 1.54) is 4.90 Å². The molecule has 0 aliphatic rings. The molecule has 0 aliphatic carbocycles. The van der Waals surface area contributed by atoms with Gasteiger partial charge in [-0.2, -0.15) is 0 Å². The minimum absolute atomic E-state index is 0.0849. The van der Waals surface area contributed by atoms with E-state index in [1.807, 2.05) is 0 Å². The first-order valence-corrected chi connectivity index (χ1v) is 3.01. The number of amides is 1. The average molecular weight is 154 g/mol. The molecule has 56 valence electrons. The number of carbonyl (C=O) groups is 1. The van der Waals surface area contributed by atoms with Crippen molar-refractivity contribution in [2.45, 2.75) is 0 Å². The SMILES string of the molecule is CN(C)C=O.OCCCl. The van der Waals surface area contributed by atoms with Gasteiger partial charge in [-0.05, 0) is 0 Å². The summed E-state index contributed by atoms with van der Waals surface area (Å²) in [5.41, 5.74) is 0. The van der Waals surface area contributed by atoms with Crippen molar-refractivity contribution in [2.24, 2.45) is 0 Å². The Bertz CT molecular complexity index is 56.9. The number of halogens is 1. The molecule has 0 aromatic carbocycles. The van der Waals surface area contributed by atoms with Gasteiger partial charge in [-0.3, -0.25) is 4.79 Å². The summed E-state index contributed by atoms with van der Waals surface area (Å²) in [5.74, 6) is 0.347. The van der Waals surface area contributed by atoms with Gasteiger partial charge in [0.2, 0.25) is 6.41 Å². The molecule has 0 saturated heterocycles. The van der Waals surface area contributed by atoms with Crippen molar-refractivity contribution >= 4 is 18.0 Å². The molecule has 0 unspecified atom stereocenters. The Morgan fingerprint density at radius 2 is 1.89 bits per heavy atom. The molecule has 1 amide bonds. The van der Waals surface area contributed by atoms with Crippen LogP contribution in [0.15, 0.2) is 0 Å². The van der Waals surface area contributed by atoms with E-state index in [-0.39, 0.29) is 6.61 Å². The maximum absolute atomic E-state index is 9.43. The minimum Gasteiger partial charge on any atom is -0.395 e. The smallest absolute Gasteiger partial charge is 0.209 e. The fraction of sp³-hybridized carbons (Fsp3) is 0.800. The highest BCUT2D eigenvalue weighted by Crippen LogP contribution is 1.63. The molecule has 0 atom stereocenters. The van der Waals surface area contributed by atoms with Crippen LogP contribution >= 0.6 is 11.6 Å². The number of carbonyl (C=O) groups excluding carboxylic acids is 1. The maximum Gasteiger partial charge on any atom is 0.209 e. The summed E-state index contributed by atoms with van der Waals surface area (Å²) >= 11 is 4.94. The van der Waals surface area contributed by atoms with Gasteiger partial charge in [0, 0.05) is 20.0 Å².